The highest BCUT2D eigenvalue weighted by molar-refractivity contribution is 5.91. The number of halogens is 1. The van der Waals surface area contributed by atoms with Crippen LogP contribution in [0.2, 0.25) is 0 Å². The molecular formula is C38H53FO5. The average Bonchev–Trinajstić information content (AvgIpc) is 3.04. The quantitative estimate of drug-likeness (QED) is 0.0611. The van der Waals surface area contributed by atoms with Crippen LogP contribution in [0.15, 0.2) is 55.1 Å². The summed E-state index contributed by atoms with van der Waals surface area (Å²) in [5.41, 5.74) is 1.31. The summed E-state index contributed by atoms with van der Waals surface area (Å²) in [4.78, 5) is 23.6. The number of benzene rings is 2. The van der Waals surface area contributed by atoms with Crippen molar-refractivity contribution >= 4 is 11.9 Å². The number of unbranched alkanes of at least 4 members (excludes halogenated alkanes) is 8. The smallest absolute Gasteiger partial charge is 0.343 e. The van der Waals surface area contributed by atoms with Gasteiger partial charge < -0.3 is 14.2 Å². The van der Waals surface area contributed by atoms with E-state index >= 15 is 0 Å². The van der Waals surface area contributed by atoms with Crippen LogP contribution >= 0.6 is 0 Å². The summed E-state index contributed by atoms with van der Waals surface area (Å²) < 4.78 is 30.9. The van der Waals surface area contributed by atoms with Crippen molar-refractivity contribution in [2.45, 2.75) is 116 Å². The molecule has 0 spiro atoms. The second-order valence-electron chi connectivity index (χ2n) is 12.3. The molecule has 44 heavy (non-hydrogen) atoms. The van der Waals surface area contributed by atoms with Gasteiger partial charge in [0.1, 0.15) is 5.75 Å². The lowest BCUT2D eigenvalue weighted by Crippen LogP contribution is -2.15. The van der Waals surface area contributed by atoms with Gasteiger partial charge in [0.2, 0.25) is 0 Å². The van der Waals surface area contributed by atoms with Gasteiger partial charge in [-0.2, -0.15) is 0 Å². The number of aryl methyl sites for hydroxylation is 1. The number of esters is 2. The number of ether oxygens (including phenoxy) is 3. The first-order valence-corrected chi connectivity index (χ1v) is 17.0. The Kier molecular flexibility index (Phi) is 16.7. The minimum atomic E-state index is -0.580. The minimum Gasteiger partial charge on any atom is -0.494 e. The maximum absolute atomic E-state index is 14.8. The second-order valence-corrected chi connectivity index (χ2v) is 12.3. The predicted octanol–water partition coefficient (Wildman–Crippen LogP) is 10.2. The molecule has 1 aliphatic rings. The van der Waals surface area contributed by atoms with E-state index in [1.165, 1.54) is 82.8 Å². The number of carbonyl (C=O) groups excluding carboxylic acids is 2. The molecular weight excluding hydrogens is 555 g/mol. The SMILES string of the molecule is C=CC(=O)OCCCCCCCCCCCOc1ccc(C(=O)Oc2ccc(CCC3CCC(CCC)CC3)cc2F)cc1. The fourth-order valence-electron chi connectivity index (χ4n) is 6.08. The van der Waals surface area contributed by atoms with Crippen LogP contribution in [0.3, 0.4) is 0 Å². The number of hydrogen-bond acceptors (Lipinski definition) is 5. The molecule has 0 aliphatic heterocycles. The van der Waals surface area contributed by atoms with E-state index in [0.29, 0.717) is 24.5 Å². The second kappa shape index (κ2) is 20.7. The van der Waals surface area contributed by atoms with E-state index in [-0.39, 0.29) is 11.7 Å². The third kappa shape index (κ3) is 13.7. The van der Waals surface area contributed by atoms with E-state index < -0.39 is 11.8 Å². The van der Waals surface area contributed by atoms with E-state index in [2.05, 4.69) is 13.5 Å². The standard InChI is InChI=1S/C38H53FO5/c1-3-14-30-15-17-31(18-16-30)19-20-32-21-26-36(35(39)29-32)44-38(41)33-22-24-34(25-23-33)42-27-12-10-8-6-5-7-9-11-13-28-43-37(40)4-2/h4,21-26,29-31H,2-3,5-20,27-28H2,1H3. The molecule has 6 heteroatoms. The Morgan fingerprint density at radius 2 is 1.41 bits per heavy atom. The number of rotatable bonds is 21. The zero-order chi connectivity index (χ0) is 31.4. The molecule has 0 bridgehead atoms. The van der Waals surface area contributed by atoms with Gasteiger partial charge in [0.05, 0.1) is 18.8 Å². The maximum atomic E-state index is 14.8. The third-order valence-electron chi connectivity index (χ3n) is 8.76. The molecule has 242 valence electrons. The molecule has 0 heterocycles. The van der Waals surface area contributed by atoms with Crippen LogP contribution in [0.5, 0.6) is 11.5 Å². The van der Waals surface area contributed by atoms with Crippen LogP contribution in [0.4, 0.5) is 4.39 Å². The molecule has 0 aromatic heterocycles. The molecule has 0 atom stereocenters. The molecule has 0 radical (unpaired) electrons. The Balaban J connectivity index is 1.25. The van der Waals surface area contributed by atoms with Crippen molar-refractivity contribution in [1.29, 1.82) is 0 Å². The van der Waals surface area contributed by atoms with E-state index in [1.807, 2.05) is 6.07 Å². The zero-order valence-corrected chi connectivity index (χ0v) is 26.8. The van der Waals surface area contributed by atoms with Gasteiger partial charge in [-0.15, -0.1) is 0 Å². The van der Waals surface area contributed by atoms with Crippen molar-refractivity contribution in [2.75, 3.05) is 13.2 Å². The van der Waals surface area contributed by atoms with Crippen LogP contribution in [0, 0.1) is 17.7 Å². The lowest BCUT2D eigenvalue weighted by Gasteiger charge is -2.28. The third-order valence-corrected chi connectivity index (χ3v) is 8.76. The summed E-state index contributed by atoms with van der Waals surface area (Å²) >= 11 is 0. The summed E-state index contributed by atoms with van der Waals surface area (Å²) in [5, 5.41) is 0. The van der Waals surface area contributed by atoms with Crippen LogP contribution in [0.25, 0.3) is 0 Å². The van der Waals surface area contributed by atoms with Gasteiger partial charge in [0, 0.05) is 6.08 Å². The van der Waals surface area contributed by atoms with Gasteiger partial charge in [0.15, 0.2) is 11.6 Å². The number of hydrogen-bond donors (Lipinski definition) is 0. The Bertz CT molecular complexity index is 1120. The van der Waals surface area contributed by atoms with Crippen molar-refractivity contribution in [3.63, 3.8) is 0 Å². The molecule has 0 unspecified atom stereocenters. The predicted molar refractivity (Wildman–Crippen MR) is 175 cm³/mol. The highest BCUT2D eigenvalue weighted by Gasteiger charge is 2.20. The van der Waals surface area contributed by atoms with Gasteiger partial charge in [-0.05, 0) is 79.5 Å². The summed E-state index contributed by atoms with van der Waals surface area (Å²) in [7, 11) is 0. The topological polar surface area (TPSA) is 61.8 Å². The van der Waals surface area contributed by atoms with E-state index in [0.717, 1.165) is 55.9 Å². The first kappa shape index (κ1) is 35.3. The molecule has 2 aromatic rings. The molecule has 3 rings (SSSR count). The van der Waals surface area contributed by atoms with E-state index in [9.17, 15) is 14.0 Å². The van der Waals surface area contributed by atoms with Gasteiger partial charge in [-0.25, -0.2) is 14.0 Å². The van der Waals surface area contributed by atoms with Gasteiger partial charge >= 0.3 is 11.9 Å². The Hall–Kier alpha value is -3.15. The molecule has 1 saturated carbocycles. The van der Waals surface area contributed by atoms with Gasteiger partial charge in [-0.3, -0.25) is 0 Å². The van der Waals surface area contributed by atoms with Crippen molar-refractivity contribution < 1.29 is 28.2 Å². The molecule has 2 aromatic carbocycles. The first-order valence-electron chi connectivity index (χ1n) is 17.0. The van der Waals surface area contributed by atoms with Gasteiger partial charge in [-0.1, -0.05) is 103 Å². The van der Waals surface area contributed by atoms with Crippen LogP contribution in [-0.2, 0) is 16.0 Å². The monoisotopic (exact) mass is 608 g/mol. The highest BCUT2D eigenvalue weighted by atomic mass is 19.1. The van der Waals surface area contributed by atoms with Crippen LogP contribution < -0.4 is 9.47 Å². The normalized spacial score (nSPS) is 16.3. The first-order chi connectivity index (χ1) is 21.5. The van der Waals surface area contributed by atoms with Crippen molar-refractivity contribution in [2.24, 2.45) is 11.8 Å². The Morgan fingerprint density at radius 3 is 2.00 bits per heavy atom. The summed E-state index contributed by atoms with van der Waals surface area (Å²) in [6.45, 7) is 6.76. The lowest BCUT2D eigenvalue weighted by molar-refractivity contribution is -0.137. The van der Waals surface area contributed by atoms with Gasteiger partial charge in [0.25, 0.3) is 0 Å². The van der Waals surface area contributed by atoms with E-state index in [4.69, 9.17) is 14.2 Å². The van der Waals surface area contributed by atoms with Crippen LogP contribution in [0.1, 0.15) is 126 Å². The summed E-state index contributed by atoms with van der Waals surface area (Å²) in [6.07, 6.45) is 21.1. The van der Waals surface area contributed by atoms with E-state index in [1.54, 1.807) is 30.3 Å². The Labute approximate surface area is 264 Å². The molecule has 5 nitrogen and oxygen atoms in total. The van der Waals surface area contributed by atoms with Crippen molar-refractivity contribution in [3.8, 4) is 11.5 Å². The Morgan fingerprint density at radius 1 is 0.818 bits per heavy atom. The minimum absolute atomic E-state index is 0.0364. The van der Waals surface area contributed by atoms with Crippen molar-refractivity contribution in [3.05, 3.63) is 72.1 Å². The summed E-state index contributed by atoms with van der Waals surface area (Å²) in [6, 6.07) is 11.8. The number of carbonyl (C=O) groups is 2. The molecule has 1 aliphatic carbocycles. The maximum Gasteiger partial charge on any atom is 0.343 e. The summed E-state index contributed by atoms with van der Waals surface area (Å²) in [5.74, 6) is 0.876. The fourth-order valence-corrected chi connectivity index (χ4v) is 6.08. The molecule has 0 amide bonds. The average molecular weight is 609 g/mol. The lowest BCUT2D eigenvalue weighted by atomic mass is 9.78. The van der Waals surface area contributed by atoms with Crippen LogP contribution in [-0.4, -0.2) is 25.2 Å². The zero-order valence-electron chi connectivity index (χ0n) is 26.8. The fraction of sp³-hybridized carbons (Fsp3) is 0.579. The molecule has 0 saturated heterocycles. The largest absolute Gasteiger partial charge is 0.494 e. The molecule has 0 N–H and O–H groups in total. The van der Waals surface area contributed by atoms with Crippen molar-refractivity contribution in [1.82, 2.24) is 0 Å². The highest BCUT2D eigenvalue weighted by Crippen LogP contribution is 2.34. The molecule has 1 fully saturated rings.